The predicted molar refractivity (Wildman–Crippen MR) is 98.4 cm³/mol. The highest BCUT2D eigenvalue weighted by Gasteiger charge is 2.62. The van der Waals surface area contributed by atoms with Gasteiger partial charge in [-0.05, 0) is 61.5 Å². The Bertz CT molecular complexity index is 692. The lowest BCUT2D eigenvalue weighted by atomic mass is 9.46. The van der Waals surface area contributed by atoms with Gasteiger partial charge in [0.05, 0.1) is 6.10 Å². The first-order valence-corrected chi connectivity index (χ1v) is 9.95. The number of aliphatic hydroxyl groups excluding tert-OH is 1. The van der Waals surface area contributed by atoms with Gasteiger partial charge in [0.15, 0.2) is 11.6 Å². The lowest BCUT2D eigenvalue weighted by molar-refractivity contribution is -0.142. The third kappa shape index (κ3) is 2.41. The van der Waals surface area contributed by atoms with Crippen molar-refractivity contribution < 1.29 is 19.4 Å². The molecule has 3 fully saturated rings. The molecule has 0 aromatic carbocycles. The number of ketones is 2. The van der Waals surface area contributed by atoms with Gasteiger partial charge in [-0.25, -0.2) is 0 Å². The van der Waals surface area contributed by atoms with Crippen LogP contribution in [0.3, 0.4) is 0 Å². The van der Waals surface area contributed by atoms with E-state index in [0.29, 0.717) is 18.3 Å². The largest absolute Gasteiger partial charge is 0.393 e. The topological polar surface area (TPSA) is 63.6 Å². The number of hydrogen-bond acceptors (Lipinski definition) is 4. The minimum absolute atomic E-state index is 0.00345. The standard InChI is InChI=1S/C22H30O4/c1-21-9-8-14(23)10-13(21)4-5-15-16-6-7-17(19(25)12-26-3)22(16,2)11-18(24)20(15)21/h8-10,15-18,20,24H,4-7,11-12H2,1-3H3. The van der Waals surface area contributed by atoms with Crippen LogP contribution in [0.5, 0.6) is 0 Å². The molecule has 0 saturated heterocycles. The number of methoxy groups -OCH3 is 1. The van der Waals surface area contributed by atoms with Crippen LogP contribution in [0.15, 0.2) is 23.8 Å². The molecule has 0 heterocycles. The molecule has 4 heteroatoms. The second-order valence-corrected chi connectivity index (χ2v) is 9.33. The number of rotatable bonds is 3. The van der Waals surface area contributed by atoms with Gasteiger partial charge in [-0.1, -0.05) is 25.5 Å². The van der Waals surface area contributed by atoms with E-state index in [0.717, 1.165) is 25.7 Å². The summed E-state index contributed by atoms with van der Waals surface area (Å²) in [7, 11) is 1.57. The predicted octanol–water partition coefficient (Wildman–Crippen LogP) is 3.10. The van der Waals surface area contributed by atoms with Crippen molar-refractivity contribution in [1.29, 1.82) is 0 Å². The first-order valence-electron chi connectivity index (χ1n) is 9.95. The molecule has 7 atom stereocenters. The van der Waals surface area contributed by atoms with Crippen molar-refractivity contribution in [3.8, 4) is 0 Å². The molecule has 0 aliphatic heterocycles. The molecule has 142 valence electrons. The van der Waals surface area contributed by atoms with E-state index in [1.54, 1.807) is 19.3 Å². The van der Waals surface area contributed by atoms with Gasteiger partial charge in [0.25, 0.3) is 0 Å². The zero-order valence-corrected chi connectivity index (χ0v) is 16.0. The Balaban J connectivity index is 1.68. The first kappa shape index (κ1) is 18.1. The van der Waals surface area contributed by atoms with Crippen molar-refractivity contribution in [3.63, 3.8) is 0 Å². The zero-order chi connectivity index (χ0) is 18.7. The van der Waals surface area contributed by atoms with Gasteiger partial charge >= 0.3 is 0 Å². The molecule has 7 unspecified atom stereocenters. The van der Waals surface area contributed by atoms with Gasteiger partial charge in [0, 0.05) is 24.4 Å². The second kappa shape index (κ2) is 6.13. The number of Topliss-reactive ketones (excluding diaryl/α,β-unsaturated/α-hetero) is 1. The zero-order valence-electron chi connectivity index (χ0n) is 16.0. The lowest BCUT2D eigenvalue weighted by Gasteiger charge is -2.58. The van der Waals surface area contributed by atoms with Crippen LogP contribution in [0.1, 0.15) is 46.0 Å². The molecule has 0 amide bonds. The monoisotopic (exact) mass is 358 g/mol. The number of aliphatic hydroxyl groups is 1. The quantitative estimate of drug-likeness (QED) is 0.842. The Morgan fingerprint density at radius 1 is 1.31 bits per heavy atom. The Hall–Kier alpha value is -1.26. The van der Waals surface area contributed by atoms with E-state index in [-0.39, 0.29) is 40.8 Å². The van der Waals surface area contributed by atoms with E-state index in [2.05, 4.69) is 13.8 Å². The van der Waals surface area contributed by atoms with Gasteiger partial charge in [0.2, 0.25) is 0 Å². The average molecular weight is 358 g/mol. The average Bonchev–Trinajstić information content (AvgIpc) is 2.92. The van der Waals surface area contributed by atoms with E-state index in [1.807, 2.05) is 6.08 Å². The summed E-state index contributed by atoms with van der Waals surface area (Å²) in [4.78, 5) is 24.5. The van der Waals surface area contributed by atoms with Crippen LogP contribution in [0, 0.1) is 34.5 Å². The highest BCUT2D eigenvalue weighted by atomic mass is 16.5. The number of fused-ring (bicyclic) bond motifs is 5. The Kier molecular flexibility index (Phi) is 4.27. The van der Waals surface area contributed by atoms with Crippen molar-refractivity contribution in [1.82, 2.24) is 0 Å². The summed E-state index contributed by atoms with van der Waals surface area (Å²) in [5, 5.41) is 11.2. The number of hydrogen-bond donors (Lipinski definition) is 1. The highest BCUT2D eigenvalue weighted by molar-refractivity contribution is 6.01. The van der Waals surface area contributed by atoms with Crippen molar-refractivity contribution in [2.24, 2.45) is 34.5 Å². The van der Waals surface area contributed by atoms with Crippen LogP contribution >= 0.6 is 0 Å². The Morgan fingerprint density at radius 3 is 2.81 bits per heavy atom. The summed E-state index contributed by atoms with van der Waals surface area (Å²) in [6.45, 7) is 4.58. The summed E-state index contributed by atoms with van der Waals surface area (Å²) in [6.07, 6.45) is 9.63. The van der Waals surface area contributed by atoms with Crippen LogP contribution in [-0.2, 0) is 14.3 Å². The molecule has 0 aromatic heterocycles. The maximum absolute atomic E-state index is 12.6. The van der Waals surface area contributed by atoms with Crippen molar-refractivity contribution in [2.45, 2.75) is 52.1 Å². The minimum Gasteiger partial charge on any atom is -0.393 e. The third-order valence-corrected chi connectivity index (χ3v) is 8.17. The molecule has 4 aliphatic rings. The third-order valence-electron chi connectivity index (χ3n) is 8.17. The van der Waals surface area contributed by atoms with Gasteiger partial charge in [0.1, 0.15) is 6.61 Å². The van der Waals surface area contributed by atoms with E-state index >= 15 is 0 Å². The molecule has 0 aromatic rings. The summed E-state index contributed by atoms with van der Waals surface area (Å²) in [6, 6.07) is 0. The van der Waals surface area contributed by atoms with Crippen LogP contribution in [0.4, 0.5) is 0 Å². The van der Waals surface area contributed by atoms with Crippen molar-refractivity contribution >= 4 is 11.6 Å². The van der Waals surface area contributed by atoms with Gasteiger partial charge in [-0.3, -0.25) is 9.59 Å². The number of allylic oxidation sites excluding steroid dienone is 4. The van der Waals surface area contributed by atoms with Gasteiger partial charge < -0.3 is 9.84 Å². The fourth-order valence-corrected chi connectivity index (χ4v) is 7.10. The number of carbonyl (C=O) groups is 2. The molecule has 26 heavy (non-hydrogen) atoms. The summed E-state index contributed by atoms with van der Waals surface area (Å²) in [5.74, 6) is 1.26. The normalized spacial score (nSPS) is 47.0. The lowest BCUT2D eigenvalue weighted by Crippen LogP contribution is -2.56. The van der Waals surface area contributed by atoms with Crippen molar-refractivity contribution in [3.05, 3.63) is 23.8 Å². The van der Waals surface area contributed by atoms with E-state index in [4.69, 9.17) is 4.74 Å². The van der Waals surface area contributed by atoms with Gasteiger partial charge in [-0.2, -0.15) is 0 Å². The summed E-state index contributed by atoms with van der Waals surface area (Å²) in [5.41, 5.74) is 0.813. The molecular weight excluding hydrogens is 328 g/mol. The highest BCUT2D eigenvalue weighted by Crippen LogP contribution is 2.66. The maximum atomic E-state index is 12.6. The SMILES string of the molecule is COCC(=O)C1CCC2C3CCC4=CC(=O)C=CC4(C)C3C(O)CC12C. The van der Waals surface area contributed by atoms with Gasteiger partial charge in [-0.15, -0.1) is 0 Å². The smallest absolute Gasteiger partial charge is 0.178 e. The first-order chi connectivity index (χ1) is 12.3. The van der Waals surface area contributed by atoms with Crippen LogP contribution in [-0.4, -0.2) is 36.5 Å². The number of carbonyl (C=O) groups excluding carboxylic acids is 2. The fraction of sp³-hybridized carbons (Fsp3) is 0.727. The molecular formula is C22H30O4. The molecule has 4 nitrogen and oxygen atoms in total. The van der Waals surface area contributed by atoms with E-state index in [9.17, 15) is 14.7 Å². The van der Waals surface area contributed by atoms with E-state index in [1.165, 1.54) is 5.57 Å². The van der Waals surface area contributed by atoms with Crippen LogP contribution in [0.2, 0.25) is 0 Å². The van der Waals surface area contributed by atoms with Crippen LogP contribution in [0.25, 0.3) is 0 Å². The summed E-state index contributed by atoms with van der Waals surface area (Å²) >= 11 is 0. The molecule has 3 saturated carbocycles. The maximum Gasteiger partial charge on any atom is 0.178 e. The molecule has 4 rings (SSSR count). The van der Waals surface area contributed by atoms with Crippen molar-refractivity contribution in [2.75, 3.05) is 13.7 Å². The number of ether oxygens (including phenoxy) is 1. The van der Waals surface area contributed by atoms with Crippen LogP contribution < -0.4 is 0 Å². The Labute approximate surface area is 155 Å². The molecule has 4 aliphatic carbocycles. The molecule has 0 spiro atoms. The Morgan fingerprint density at radius 2 is 2.08 bits per heavy atom. The second-order valence-electron chi connectivity index (χ2n) is 9.33. The van der Waals surface area contributed by atoms with E-state index < -0.39 is 6.10 Å². The molecule has 1 N–H and O–H groups in total. The molecule has 0 radical (unpaired) electrons. The molecule has 0 bridgehead atoms. The minimum atomic E-state index is -0.441. The summed E-state index contributed by atoms with van der Waals surface area (Å²) < 4.78 is 5.11. The fourth-order valence-electron chi connectivity index (χ4n) is 7.10.